The van der Waals surface area contributed by atoms with Crippen LogP contribution < -0.4 is 5.32 Å². The third kappa shape index (κ3) is 4.97. The number of ether oxygens (including phenoxy) is 1. The lowest BCUT2D eigenvalue weighted by Crippen LogP contribution is -2.41. The molecule has 2 N–H and O–H groups in total. The number of carbonyl (C=O) groups excluding carboxylic acids is 2. The molecular formula is C21H27N3O5S. The highest BCUT2D eigenvalue weighted by atomic mass is 32.1. The molecule has 0 radical (unpaired) electrons. The number of ketones is 1. The number of aliphatic hydroxyl groups excluding tert-OH is 1. The summed E-state index contributed by atoms with van der Waals surface area (Å²) in [6.07, 6.45) is 4.89. The van der Waals surface area contributed by atoms with Crippen molar-refractivity contribution in [2.75, 3.05) is 44.8 Å². The van der Waals surface area contributed by atoms with E-state index >= 15 is 0 Å². The Morgan fingerprint density at radius 1 is 1.30 bits per heavy atom. The number of aromatic nitrogens is 1. The van der Waals surface area contributed by atoms with Crippen LogP contribution in [0, 0.1) is 11.8 Å². The maximum atomic E-state index is 13.1. The quantitative estimate of drug-likeness (QED) is 0.647. The van der Waals surface area contributed by atoms with Crippen molar-refractivity contribution in [3.8, 4) is 11.5 Å². The van der Waals surface area contributed by atoms with E-state index in [0.717, 1.165) is 19.4 Å². The second-order valence-electron chi connectivity index (χ2n) is 7.90. The summed E-state index contributed by atoms with van der Waals surface area (Å²) in [4.78, 5) is 32.8. The van der Waals surface area contributed by atoms with Crippen molar-refractivity contribution in [3.05, 3.63) is 23.3 Å². The molecule has 1 unspecified atom stereocenters. The van der Waals surface area contributed by atoms with Gasteiger partial charge in [-0.1, -0.05) is 11.3 Å². The van der Waals surface area contributed by atoms with Gasteiger partial charge in [0.05, 0.1) is 12.8 Å². The fraction of sp³-hybridized carbons (Fsp3) is 0.571. The molecule has 0 bridgehead atoms. The van der Waals surface area contributed by atoms with Gasteiger partial charge < -0.3 is 19.6 Å². The number of likely N-dealkylation sites (tertiary alicyclic amines) is 1. The summed E-state index contributed by atoms with van der Waals surface area (Å²) >= 11 is 1.20. The Kier molecular flexibility index (Phi) is 6.93. The monoisotopic (exact) mass is 433 g/mol. The minimum atomic E-state index is -0.168. The van der Waals surface area contributed by atoms with E-state index in [0.29, 0.717) is 54.1 Å². The number of aliphatic hydroxyl groups is 1. The predicted octanol–water partition coefficient (Wildman–Crippen LogP) is 2.66. The van der Waals surface area contributed by atoms with Crippen LogP contribution in [0.4, 0.5) is 5.13 Å². The van der Waals surface area contributed by atoms with E-state index < -0.39 is 0 Å². The lowest BCUT2D eigenvalue weighted by atomic mass is 9.94. The second-order valence-corrected chi connectivity index (χ2v) is 8.90. The number of carbonyl (C=O) groups is 2. The molecule has 0 aliphatic carbocycles. The average molecular weight is 434 g/mol. The van der Waals surface area contributed by atoms with Crippen LogP contribution in [0.5, 0.6) is 0 Å². The number of Topliss-reactive ketones (excluding diaryl/α,β-unsaturated/α-hetero) is 1. The highest BCUT2D eigenvalue weighted by Gasteiger charge is 2.29. The van der Waals surface area contributed by atoms with Gasteiger partial charge in [0.1, 0.15) is 10.6 Å². The van der Waals surface area contributed by atoms with Crippen LogP contribution in [-0.2, 0) is 9.53 Å². The number of nitrogens with zero attached hydrogens (tertiary/aromatic N) is 2. The van der Waals surface area contributed by atoms with Gasteiger partial charge in [-0.05, 0) is 50.3 Å². The highest BCUT2D eigenvalue weighted by Crippen LogP contribution is 2.35. The van der Waals surface area contributed by atoms with E-state index in [2.05, 4.69) is 15.2 Å². The van der Waals surface area contributed by atoms with E-state index in [-0.39, 0.29) is 36.7 Å². The Hall–Kier alpha value is -2.07. The molecule has 30 heavy (non-hydrogen) atoms. The first-order valence-electron chi connectivity index (χ1n) is 10.4. The highest BCUT2D eigenvalue weighted by molar-refractivity contribution is 7.18. The molecule has 2 fully saturated rings. The number of furan rings is 1. The zero-order chi connectivity index (χ0) is 20.9. The number of nitrogens with one attached hydrogen (secondary N) is 1. The maximum absolute atomic E-state index is 13.1. The summed E-state index contributed by atoms with van der Waals surface area (Å²) in [5, 5.41) is 12.6. The van der Waals surface area contributed by atoms with Gasteiger partial charge in [-0.25, -0.2) is 4.98 Å². The van der Waals surface area contributed by atoms with Crippen molar-refractivity contribution in [3.63, 3.8) is 0 Å². The average Bonchev–Trinajstić information content (AvgIpc) is 3.44. The molecule has 4 heterocycles. The zero-order valence-electron chi connectivity index (χ0n) is 16.8. The van der Waals surface area contributed by atoms with Gasteiger partial charge in [-0.2, -0.15) is 0 Å². The SMILES string of the molecule is O=C(CN1CCCC(CO)C1)Nc1nc(-c2ccco2)c(C(=O)C2CCOCC2)s1. The molecule has 2 saturated heterocycles. The molecular weight excluding hydrogens is 406 g/mol. The largest absolute Gasteiger partial charge is 0.463 e. The lowest BCUT2D eigenvalue weighted by molar-refractivity contribution is -0.117. The minimum Gasteiger partial charge on any atom is -0.463 e. The third-order valence-corrected chi connectivity index (χ3v) is 6.66. The molecule has 8 nitrogen and oxygen atoms in total. The van der Waals surface area contributed by atoms with E-state index in [4.69, 9.17) is 9.15 Å². The fourth-order valence-corrected chi connectivity index (χ4v) is 5.08. The van der Waals surface area contributed by atoms with Crippen LogP contribution >= 0.6 is 11.3 Å². The molecule has 4 rings (SSSR count). The maximum Gasteiger partial charge on any atom is 0.240 e. The number of anilines is 1. The van der Waals surface area contributed by atoms with Crippen molar-refractivity contribution in [2.24, 2.45) is 11.8 Å². The lowest BCUT2D eigenvalue weighted by Gasteiger charge is -2.30. The van der Waals surface area contributed by atoms with Gasteiger partial charge in [0.15, 0.2) is 16.7 Å². The standard InChI is InChI=1S/C21H27N3O5S/c25-13-14-3-1-7-24(11-14)12-17(26)22-21-23-18(16-4-2-8-29-16)20(30-21)19(27)15-5-9-28-10-6-15/h2,4,8,14-15,25H,1,3,5-7,9-13H2,(H,22,23,26). The summed E-state index contributed by atoms with van der Waals surface area (Å²) in [6, 6.07) is 3.52. The summed E-state index contributed by atoms with van der Waals surface area (Å²) in [7, 11) is 0. The minimum absolute atomic E-state index is 0.0320. The van der Waals surface area contributed by atoms with Gasteiger partial charge in [-0.3, -0.25) is 14.5 Å². The molecule has 2 aliphatic rings. The first kappa shape index (κ1) is 21.2. The topological polar surface area (TPSA) is 105 Å². The van der Waals surface area contributed by atoms with E-state index in [1.807, 2.05) is 0 Å². The molecule has 162 valence electrons. The summed E-state index contributed by atoms with van der Waals surface area (Å²) in [6.45, 7) is 3.11. The number of hydrogen-bond acceptors (Lipinski definition) is 8. The molecule has 2 aliphatic heterocycles. The van der Waals surface area contributed by atoms with E-state index in [1.165, 1.54) is 11.3 Å². The Bertz CT molecular complexity index is 860. The van der Waals surface area contributed by atoms with Crippen LogP contribution in [0.1, 0.15) is 35.4 Å². The van der Waals surface area contributed by atoms with Crippen LogP contribution in [0.3, 0.4) is 0 Å². The number of rotatable bonds is 7. The summed E-state index contributed by atoms with van der Waals surface area (Å²) in [5.41, 5.74) is 0.482. The Morgan fingerprint density at radius 2 is 2.13 bits per heavy atom. The molecule has 0 saturated carbocycles. The Morgan fingerprint density at radius 3 is 2.87 bits per heavy atom. The van der Waals surface area contributed by atoms with Crippen LogP contribution in [0.25, 0.3) is 11.5 Å². The molecule has 9 heteroatoms. The normalized spacial score (nSPS) is 20.9. The first-order chi connectivity index (χ1) is 14.6. The fourth-order valence-electron chi connectivity index (χ4n) is 4.07. The zero-order valence-corrected chi connectivity index (χ0v) is 17.7. The van der Waals surface area contributed by atoms with Crippen LogP contribution in [0.2, 0.25) is 0 Å². The summed E-state index contributed by atoms with van der Waals surface area (Å²) in [5.74, 6) is 0.507. The second kappa shape index (κ2) is 9.82. The van der Waals surface area contributed by atoms with Crippen LogP contribution in [-0.4, -0.2) is 66.1 Å². The number of piperidine rings is 1. The summed E-state index contributed by atoms with van der Waals surface area (Å²) < 4.78 is 10.9. The van der Waals surface area contributed by atoms with Crippen molar-refractivity contribution in [2.45, 2.75) is 25.7 Å². The van der Waals surface area contributed by atoms with Gasteiger partial charge in [0.2, 0.25) is 5.91 Å². The third-order valence-electron chi connectivity index (χ3n) is 5.67. The van der Waals surface area contributed by atoms with Crippen molar-refractivity contribution >= 4 is 28.2 Å². The van der Waals surface area contributed by atoms with Gasteiger partial charge in [0, 0.05) is 32.3 Å². The van der Waals surface area contributed by atoms with Crippen molar-refractivity contribution in [1.82, 2.24) is 9.88 Å². The molecule has 1 amide bonds. The molecule has 0 aromatic carbocycles. The molecule has 0 spiro atoms. The Labute approximate surface area is 179 Å². The number of hydrogen-bond donors (Lipinski definition) is 2. The molecule has 2 aromatic rings. The molecule has 2 aromatic heterocycles. The molecule has 1 atom stereocenters. The Balaban J connectivity index is 1.48. The van der Waals surface area contributed by atoms with E-state index in [9.17, 15) is 14.7 Å². The van der Waals surface area contributed by atoms with Gasteiger partial charge in [0.25, 0.3) is 0 Å². The first-order valence-corrected chi connectivity index (χ1v) is 11.3. The number of amides is 1. The van der Waals surface area contributed by atoms with Gasteiger partial charge >= 0.3 is 0 Å². The van der Waals surface area contributed by atoms with E-state index in [1.54, 1.807) is 18.4 Å². The van der Waals surface area contributed by atoms with Crippen molar-refractivity contribution < 1.29 is 23.8 Å². The van der Waals surface area contributed by atoms with Crippen LogP contribution in [0.15, 0.2) is 22.8 Å². The predicted molar refractivity (Wildman–Crippen MR) is 113 cm³/mol. The van der Waals surface area contributed by atoms with Gasteiger partial charge in [-0.15, -0.1) is 0 Å². The van der Waals surface area contributed by atoms with Crippen molar-refractivity contribution in [1.29, 1.82) is 0 Å². The smallest absolute Gasteiger partial charge is 0.240 e. The number of thiazole rings is 1.